The van der Waals surface area contributed by atoms with E-state index in [9.17, 15) is 5.11 Å². The van der Waals surface area contributed by atoms with Gasteiger partial charge in [-0.2, -0.15) is 0 Å². The van der Waals surface area contributed by atoms with Crippen molar-refractivity contribution in [3.63, 3.8) is 0 Å². The third-order valence-electron chi connectivity index (χ3n) is 6.13. The molecule has 4 nitrogen and oxygen atoms in total. The van der Waals surface area contributed by atoms with Gasteiger partial charge in [-0.3, -0.25) is 4.98 Å². The number of hydrogen-bond acceptors (Lipinski definition) is 3. The van der Waals surface area contributed by atoms with Crippen LogP contribution in [0, 0.1) is 11.8 Å². The number of piperidine rings is 3. The minimum absolute atomic E-state index is 0.124. The normalized spacial score (nSPS) is 32.7. The van der Waals surface area contributed by atoms with Crippen molar-refractivity contribution >= 4 is 18.9 Å². The van der Waals surface area contributed by atoms with E-state index >= 15 is 0 Å². The van der Waals surface area contributed by atoms with Crippen LogP contribution in [0.1, 0.15) is 37.9 Å². The van der Waals surface area contributed by atoms with E-state index in [0.29, 0.717) is 6.04 Å². The lowest BCUT2D eigenvalue weighted by Gasteiger charge is -2.63. The summed E-state index contributed by atoms with van der Waals surface area (Å²) in [5.74, 6) is 2.52. The van der Waals surface area contributed by atoms with Crippen molar-refractivity contribution in [1.82, 2.24) is 4.98 Å². The molecule has 2 bridgehead atoms. The number of aromatic nitrogens is 1. The second-order valence-electron chi connectivity index (χ2n) is 7.24. The van der Waals surface area contributed by atoms with E-state index in [4.69, 9.17) is 4.74 Å². The molecule has 0 aliphatic carbocycles. The molecule has 3 aliphatic rings. The molecule has 4 heterocycles. The number of aliphatic hydroxyl groups excluding tert-OH is 1. The number of methoxy groups -OCH3 is 1. The summed E-state index contributed by atoms with van der Waals surface area (Å²) in [5.41, 5.74) is 1.97. The first-order valence-electron chi connectivity index (χ1n) is 9.06. The molecule has 3 saturated heterocycles. The summed E-state index contributed by atoms with van der Waals surface area (Å²) in [6.45, 7) is 4.96. The summed E-state index contributed by atoms with van der Waals surface area (Å²) in [4.78, 5) is 4.48. The van der Waals surface area contributed by atoms with E-state index in [1.165, 1.54) is 36.7 Å². The molecule has 1 aromatic carbocycles. The number of rotatable bonds is 4. The molecule has 0 amide bonds. The van der Waals surface area contributed by atoms with Gasteiger partial charge in [-0.15, -0.1) is 0 Å². The fourth-order valence-electron chi connectivity index (χ4n) is 4.71. The zero-order valence-corrected chi connectivity index (χ0v) is 14.5. The van der Waals surface area contributed by atoms with Crippen LogP contribution in [0.15, 0.2) is 30.5 Å². The molecular formula is C20H29BN2O2. The zero-order chi connectivity index (χ0) is 17.6. The Balaban J connectivity index is 1.72. The van der Waals surface area contributed by atoms with Gasteiger partial charge in [0.15, 0.2) is 7.98 Å². The topological polar surface area (TPSA) is 42.4 Å². The van der Waals surface area contributed by atoms with Crippen molar-refractivity contribution in [3.05, 3.63) is 36.0 Å². The van der Waals surface area contributed by atoms with Crippen molar-refractivity contribution < 1.29 is 14.2 Å². The molecule has 0 spiro atoms. The standard InChI is InChI=1S/C20H29BN2O2/c1-3-13-12-23(21)9-7-14(13)10-19(23)20(24)16-6-8-22-18-5-4-15(25-2)11-17(16)18/h4-6,8,11,13-14,19-20,24H,3,7,9-10,12H2,1-2,21H3/t13-,14-,19-,20+,23+/m0/s1. The van der Waals surface area contributed by atoms with E-state index in [1.54, 1.807) is 7.11 Å². The molecule has 0 radical (unpaired) electrons. The molecular weight excluding hydrogens is 311 g/mol. The number of aliphatic hydroxyl groups is 1. The first-order valence-corrected chi connectivity index (χ1v) is 9.06. The Morgan fingerprint density at radius 3 is 2.96 bits per heavy atom. The van der Waals surface area contributed by atoms with Crippen molar-refractivity contribution in [2.24, 2.45) is 11.8 Å². The smallest absolute Gasteiger partial charge is 0.169 e. The molecule has 5 rings (SSSR count). The Kier molecular flexibility index (Phi) is 4.24. The van der Waals surface area contributed by atoms with Crippen LogP contribution in [0.25, 0.3) is 10.9 Å². The highest BCUT2D eigenvalue weighted by Gasteiger charge is 2.47. The minimum Gasteiger partial charge on any atom is -0.517 e. The van der Waals surface area contributed by atoms with Gasteiger partial charge in [0.1, 0.15) is 11.9 Å². The summed E-state index contributed by atoms with van der Waals surface area (Å²) in [5, 5.41) is 12.4. The number of hydrogen-bond donors (Lipinski definition) is 1. The van der Waals surface area contributed by atoms with Gasteiger partial charge in [0.2, 0.25) is 0 Å². The molecule has 1 N–H and O–H groups in total. The average Bonchev–Trinajstić information content (AvgIpc) is 2.66. The van der Waals surface area contributed by atoms with Gasteiger partial charge in [0, 0.05) is 37.0 Å². The Hall–Kier alpha value is -1.59. The highest BCUT2D eigenvalue weighted by Crippen LogP contribution is 2.46. The van der Waals surface area contributed by atoms with Crippen molar-refractivity contribution in [3.8, 4) is 5.75 Å². The Morgan fingerprint density at radius 2 is 2.24 bits per heavy atom. The van der Waals surface area contributed by atoms with Crippen LogP contribution in [0.2, 0.25) is 0 Å². The fraction of sp³-hybridized carbons (Fsp3) is 0.550. The molecule has 5 atom stereocenters. The molecule has 0 unspecified atom stereocenters. The number of nitrogens with zero attached hydrogens (tertiary/aromatic N) is 2. The SMILES string of the molecule is [BH3-][N@@+]12CC[C@@H](C[C@H]1[C@H](O)c1ccnc3ccc(OC)cc13)[C@@H](CC)C2. The van der Waals surface area contributed by atoms with Gasteiger partial charge in [0.05, 0.1) is 18.7 Å². The maximum absolute atomic E-state index is 11.4. The zero-order valence-electron chi connectivity index (χ0n) is 14.5. The summed E-state index contributed by atoms with van der Waals surface area (Å²) in [6, 6.07) is 8.36. The number of benzene rings is 1. The lowest BCUT2D eigenvalue weighted by molar-refractivity contribution is -0.873. The lowest BCUT2D eigenvalue weighted by Crippen LogP contribution is -2.67. The van der Waals surface area contributed by atoms with Crippen LogP contribution in [0.4, 0.5) is 0 Å². The molecule has 2 aromatic rings. The molecule has 3 aliphatic heterocycles. The van der Waals surface area contributed by atoms with Gasteiger partial charge >= 0.3 is 0 Å². The Bertz CT molecular complexity index is 783. The number of quaternary nitrogens is 1. The van der Waals surface area contributed by atoms with Crippen LogP contribution < -0.4 is 4.74 Å². The first-order chi connectivity index (χ1) is 12.1. The van der Waals surface area contributed by atoms with Crippen molar-refractivity contribution in [2.75, 3.05) is 20.2 Å². The number of fused-ring (bicyclic) bond motifs is 4. The third kappa shape index (κ3) is 2.74. The van der Waals surface area contributed by atoms with E-state index in [2.05, 4.69) is 11.9 Å². The fourth-order valence-corrected chi connectivity index (χ4v) is 4.71. The van der Waals surface area contributed by atoms with E-state index < -0.39 is 6.10 Å². The molecule has 1 aromatic heterocycles. The summed E-state index contributed by atoms with van der Waals surface area (Å²) in [7, 11) is 1.81. The second kappa shape index (κ2) is 6.29. The van der Waals surface area contributed by atoms with Crippen molar-refractivity contribution in [2.45, 2.75) is 38.3 Å². The summed E-state index contributed by atoms with van der Waals surface area (Å²) >= 11 is 0. The predicted molar refractivity (Wildman–Crippen MR) is 103 cm³/mol. The minimum atomic E-state index is -0.393. The summed E-state index contributed by atoms with van der Waals surface area (Å²) in [6.07, 6.45) is 5.31. The lowest BCUT2D eigenvalue weighted by atomic mass is 9.68. The van der Waals surface area contributed by atoms with Gasteiger partial charge in [-0.25, -0.2) is 0 Å². The molecule has 3 fully saturated rings. The maximum atomic E-state index is 11.4. The predicted octanol–water partition coefficient (Wildman–Crippen LogP) is 2.19. The van der Waals surface area contributed by atoms with Crippen LogP contribution in [0.5, 0.6) is 5.75 Å². The summed E-state index contributed by atoms with van der Waals surface area (Å²) < 4.78 is 6.65. The second-order valence-corrected chi connectivity index (χ2v) is 7.24. The molecule has 0 saturated carbocycles. The van der Waals surface area contributed by atoms with E-state index in [-0.39, 0.29) is 7.98 Å². The largest absolute Gasteiger partial charge is 0.517 e. The van der Waals surface area contributed by atoms with E-state index in [0.717, 1.165) is 34.1 Å². The highest BCUT2D eigenvalue weighted by atomic mass is 16.5. The van der Waals surface area contributed by atoms with Gasteiger partial charge in [0.25, 0.3) is 0 Å². The van der Waals surface area contributed by atoms with Gasteiger partial charge in [-0.1, -0.05) is 6.92 Å². The van der Waals surface area contributed by atoms with Crippen molar-refractivity contribution in [1.29, 1.82) is 0 Å². The van der Waals surface area contributed by atoms with Crippen LogP contribution in [-0.2, 0) is 0 Å². The quantitative estimate of drug-likeness (QED) is 0.868. The third-order valence-corrected chi connectivity index (χ3v) is 6.13. The molecule has 25 heavy (non-hydrogen) atoms. The number of ether oxygens (including phenoxy) is 1. The average molecular weight is 340 g/mol. The van der Waals surface area contributed by atoms with Crippen LogP contribution in [0.3, 0.4) is 0 Å². The van der Waals surface area contributed by atoms with E-state index in [1.807, 2.05) is 30.5 Å². The highest BCUT2D eigenvalue weighted by molar-refractivity contribution is 5.97. The molecule has 5 heteroatoms. The Morgan fingerprint density at radius 1 is 1.40 bits per heavy atom. The molecule has 134 valence electrons. The maximum Gasteiger partial charge on any atom is 0.169 e. The van der Waals surface area contributed by atoms with Gasteiger partial charge < -0.3 is 14.2 Å². The number of pyridine rings is 1. The monoisotopic (exact) mass is 340 g/mol. The Labute approximate surface area is 150 Å². The van der Waals surface area contributed by atoms with Crippen LogP contribution in [-0.4, -0.2) is 48.7 Å². The van der Waals surface area contributed by atoms with Gasteiger partial charge in [-0.05, 0) is 48.6 Å². The van der Waals surface area contributed by atoms with Crippen LogP contribution >= 0.6 is 0 Å². The first kappa shape index (κ1) is 16.9.